The molecule has 0 unspecified atom stereocenters. The second-order valence-corrected chi connectivity index (χ2v) is 7.15. The van der Waals surface area contributed by atoms with Gasteiger partial charge >= 0.3 is 6.03 Å². The van der Waals surface area contributed by atoms with E-state index in [4.69, 9.17) is 4.74 Å². The van der Waals surface area contributed by atoms with E-state index in [1.165, 1.54) is 15.6 Å². The van der Waals surface area contributed by atoms with Crippen molar-refractivity contribution in [3.8, 4) is 0 Å². The van der Waals surface area contributed by atoms with Crippen LogP contribution in [0.2, 0.25) is 0 Å². The Labute approximate surface area is 133 Å². The molecule has 22 heavy (non-hydrogen) atoms. The van der Waals surface area contributed by atoms with E-state index in [9.17, 15) is 4.79 Å². The van der Waals surface area contributed by atoms with Gasteiger partial charge in [0.2, 0.25) is 0 Å². The standard InChI is InChI=1S/C17H20N2O2S/c1-10(13-9-22-16-5-3-2-4-12(13)16)18-17(20)19-14-8-11-6-7-15(14)21-11/h2-5,9-11,14-15H,6-8H2,1H3,(H2,18,19,20)/t10-,11-,14-,15-/m1/s1. The van der Waals surface area contributed by atoms with Crippen molar-refractivity contribution in [2.75, 3.05) is 0 Å². The Balaban J connectivity index is 1.41. The molecule has 0 spiro atoms. The smallest absolute Gasteiger partial charge is 0.315 e. The van der Waals surface area contributed by atoms with E-state index in [1.54, 1.807) is 11.3 Å². The Morgan fingerprint density at radius 1 is 1.36 bits per heavy atom. The minimum atomic E-state index is -0.0936. The maximum absolute atomic E-state index is 12.2. The third-order valence-electron chi connectivity index (χ3n) is 4.75. The molecule has 1 aromatic heterocycles. The van der Waals surface area contributed by atoms with Crippen molar-refractivity contribution in [3.05, 3.63) is 35.2 Å². The summed E-state index contributed by atoms with van der Waals surface area (Å²) in [6.45, 7) is 2.03. The monoisotopic (exact) mass is 316 g/mol. The van der Waals surface area contributed by atoms with Gasteiger partial charge in [0, 0.05) is 4.70 Å². The van der Waals surface area contributed by atoms with Gasteiger partial charge in [-0.2, -0.15) is 0 Å². The summed E-state index contributed by atoms with van der Waals surface area (Å²) in [4.78, 5) is 12.2. The van der Waals surface area contributed by atoms with Gasteiger partial charge in [0.1, 0.15) is 0 Å². The third-order valence-corrected chi connectivity index (χ3v) is 5.73. The normalized spacial score (nSPS) is 28.0. The highest BCUT2D eigenvalue weighted by Crippen LogP contribution is 2.34. The van der Waals surface area contributed by atoms with Crippen LogP contribution in [0.4, 0.5) is 4.79 Å². The van der Waals surface area contributed by atoms with Crippen molar-refractivity contribution < 1.29 is 9.53 Å². The summed E-state index contributed by atoms with van der Waals surface area (Å²) in [7, 11) is 0. The minimum absolute atomic E-state index is 0.00402. The van der Waals surface area contributed by atoms with Crippen molar-refractivity contribution >= 4 is 27.5 Å². The summed E-state index contributed by atoms with van der Waals surface area (Å²) in [6.07, 6.45) is 3.73. The highest BCUT2D eigenvalue weighted by atomic mass is 32.1. The van der Waals surface area contributed by atoms with E-state index in [1.807, 2.05) is 19.1 Å². The van der Waals surface area contributed by atoms with E-state index in [0.717, 1.165) is 19.3 Å². The van der Waals surface area contributed by atoms with Crippen LogP contribution in [0.5, 0.6) is 0 Å². The Morgan fingerprint density at radius 3 is 3.00 bits per heavy atom. The average molecular weight is 316 g/mol. The lowest BCUT2D eigenvalue weighted by Gasteiger charge is -2.22. The maximum Gasteiger partial charge on any atom is 0.315 e. The lowest BCUT2D eigenvalue weighted by Crippen LogP contribution is -2.46. The first kappa shape index (κ1) is 14.0. The number of carbonyl (C=O) groups is 1. The first-order chi connectivity index (χ1) is 10.7. The molecule has 116 valence electrons. The molecule has 2 amide bonds. The summed E-state index contributed by atoms with van der Waals surface area (Å²) >= 11 is 1.72. The summed E-state index contributed by atoms with van der Waals surface area (Å²) in [6, 6.07) is 8.38. The molecule has 0 aliphatic carbocycles. The fourth-order valence-corrected chi connectivity index (χ4v) is 4.66. The molecular formula is C17H20N2O2S. The molecule has 2 saturated heterocycles. The molecule has 5 heteroatoms. The third kappa shape index (κ3) is 2.48. The number of benzene rings is 1. The topological polar surface area (TPSA) is 50.4 Å². The van der Waals surface area contributed by atoms with Gasteiger partial charge in [-0.25, -0.2) is 4.79 Å². The number of nitrogens with one attached hydrogen (secondary N) is 2. The first-order valence-electron chi connectivity index (χ1n) is 7.89. The highest BCUT2D eigenvalue weighted by molar-refractivity contribution is 7.17. The molecular weight excluding hydrogens is 296 g/mol. The minimum Gasteiger partial charge on any atom is -0.373 e. The predicted molar refractivity (Wildman–Crippen MR) is 88.2 cm³/mol. The van der Waals surface area contributed by atoms with E-state index in [2.05, 4.69) is 28.1 Å². The van der Waals surface area contributed by atoms with Gasteiger partial charge in [0.15, 0.2) is 0 Å². The number of urea groups is 1. The van der Waals surface area contributed by atoms with Crippen LogP contribution in [0, 0.1) is 0 Å². The molecule has 2 fully saturated rings. The molecule has 4 atom stereocenters. The Hall–Kier alpha value is -1.59. The van der Waals surface area contributed by atoms with Crippen LogP contribution in [0.15, 0.2) is 29.6 Å². The van der Waals surface area contributed by atoms with E-state index in [0.29, 0.717) is 6.10 Å². The summed E-state index contributed by atoms with van der Waals surface area (Å²) in [5.74, 6) is 0. The van der Waals surface area contributed by atoms with Gasteiger partial charge in [-0.15, -0.1) is 11.3 Å². The van der Waals surface area contributed by atoms with Crippen molar-refractivity contribution in [2.45, 2.75) is 50.5 Å². The van der Waals surface area contributed by atoms with Gasteiger partial charge in [-0.1, -0.05) is 18.2 Å². The number of hydrogen-bond donors (Lipinski definition) is 2. The lowest BCUT2D eigenvalue weighted by atomic mass is 9.96. The number of rotatable bonds is 3. The van der Waals surface area contributed by atoms with Crippen LogP contribution in [0.25, 0.3) is 10.1 Å². The molecule has 2 aliphatic heterocycles. The van der Waals surface area contributed by atoms with Gasteiger partial charge in [-0.3, -0.25) is 0 Å². The van der Waals surface area contributed by atoms with Crippen LogP contribution >= 0.6 is 11.3 Å². The number of carbonyl (C=O) groups excluding carboxylic acids is 1. The molecule has 2 aliphatic rings. The fourth-order valence-electron chi connectivity index (χ4n) is 3.61. The average Bonchev–Trinajstić information content (AvgIpc) is 3.21. The zero-order valence-electron chi connectivity index (χ0n) is 12.5. The van der Waals surface area contributed by atoms with E-state index in [-0.39, 0.29) is 24.2 Å². The predicted octanol–water partition coefficient (Wildman–Crippen LogP) is 3.58. The molecule has 0 saturated carbocycles. The SMILES string of the molecule is C[C@@H](NC(=O)N[C@@H]1C[C@H]2CC[C@H]1O2)c1csc2ccccc12. The Morgan fingerprint density at radius 2 is 2.23 bits per heavy atom. The molecule has 1 aromatic carbocycles. The number of fused-ring (bicyclic) bond motifs is 3. The number of amides is 2. The molecule has 2 N–H and O–H groups in total. The van der Waals surface area contributed by atoms with Crippen molar-refractivity contribution in [2.24, 2.45) is 0 Å². The van der Waals surface area contributed by atoms with E-state index >= 15 is 0 Å². The largest absolute Gasteiger partial charge is 0.373 e. The van der Waals surface area contributed by atoms with Crippen molar-refractivity contribution in [1.82, 2.24) is 10.6 Å². The molecule has 0 radical (unpaired) electrons. The summed E-state index contributed by atoms with van der Waals surface area (Å²) in [5.41, 5.74) is 1.18. The molecule has 4 nitrogen and oxygen atoms in total. The second kappa shape index (κ2) is 5.56. The molecule has 3 heterocycles. The zero-order chi connectivity index (χ0) is 15.1. The fraction of sp³-hybridized carbons (Fsp3) is 0.471. The van der Waals surface area contributed by atoms with Crippen LogP contribution < -0.4 is 10.6 Å². The van der Waals surface area contributed by atoms with Crippen LogP contribution in [-0.4, -0.2) is 24.3 Å². The summed E-state index contributed by atoms with van der Waals surface area (Å²) in [5, 5.41) is 9.50. The molecule has 2 bridgehead atoms. The molecule has 4 rings (SSSR count). The van der Waals surface area contributed by atoms with Gasteiger partial charge in [0.05, 0.1) is 24.3 Å². The molecule has 2 aromatic rings. The number of hydrogen-bond acceptors (Lipinski definition) is 3. The van der Waals surface area contributed by atoms with E-state index < -0.39 is 0 Å². The van der Waals surface area contributed by atoms with Gasteiger partial charge in [-0.05, 0) is 48.6 Å². The second-order valence-electron chi connectivity index (χ2n) is 6.24. The lowest BCUT2D eigenvalue weighted by molar-refractivity contribution is 0.0980. The zero-order valence-corrected chi connectivity index (χ0v) is 13.4. The quantitative estimate of drug-likeness (QED) is 0.909. The Kier molecular flexibility index (Phi) is 3.54. The highest BCUT2D eigenvalue weighted by Gasteiger charge is 2.41. The van der Waals surface area contributed by atoms with Gasteiger partial charge < -0.3 is 15.4 Å². The number of ether oxygens (including phenoxy) is 1. The summed E-state index contributed by atoms with van der Waals surface area (Å²) < 4.78 is 7.04. The van der Waals surface area contributed by atoms with Crippen LogP contribution in [-0.2, 0) is 4.74 Å². The van der Waals surface area contributed by atoms with Crippen molar-refractivity contribution in [3.63, 3.8) is 0 Å². The van der Waals surface area contributed by atoms with Crippen LogP contribution in [0.1, 0.15) is 37.8 Å². The Bertz CT molecular complexity index is 699. The number of thiophene rings is 1. The van der Waals surface area contributed by atoms with Crippen molar-refractivity contribution in [1.29, 1.82) is 0 Å². The van der Waals surface area contributed by atoms with Gasteiger partial charge in [0.25, 0.3) is 0 Å². The van der Waals surface area contributed by atoms with Crippen LogP contribution in [0.3, 0.4) is 0 Å². The first-order valence-corrected chi connectivity index (χ1v) is 8.77. The maximum atomic E-state index is 12.2.